The van der Waals surface area contributed by atoms with Gasteiger partial charge in [0.2, 0.25) is 10.0 Å². The molecule has 1 unspecified atom stereocenters. The highest BCUT2D eigenvalue weighted by molar-refractivity contribution is 7.89. The third-order valence-corrected chi connectivity index (χ3v) is 4.11. The lowest BCUT2D eigenvalue weighted by Crippen LogP contribution is -2.43. The Morgan fingerprint density at radius 1 is 1.39 bits per heavy atom. The molecule has 6 nitrogen and oxygen atoms in total. The van der Waals surface area contributed by atoms with Crippen LogP contribution in [0.4, 0.5) is 0 Å². The first-order valence-corrected chi connectivity index (χ1v) is 7.77. The van der Waals surface area contributed by atoms with Crippen molar-refractivity contribution in [3.63, 3.8) is 0 Å². The van der Waals surface area contributed by atoms with Gasteiger partial charge in [-0.3, -0.25) is 4.79 Å². The van der Waals surface area contributed by atoms with E-state index in [-0.39, 0.29) is 5.75 Å². The zero-order chi connectivity index (χ0) is 14.2. The summed E-state index contributed by atoms with van der Waals surface area (Å²) in [4.78, 5) is 10.9. The second kappa shape index (κ2) is 8.44. The first-order chi connectivity index (χ1) is 8.36. The minimum Gasteiger partial charge on any atom is -0.480 e. The van der Waals surface area contributed by atoms with E-state index >= 15 is 0 Å². The number of ether oxygens (including phenoxy) is 1. The lowest BCUT2D eigenvalue weighted by Gasteiger charge is -2.17. The second-order valence-electron chi connectivity index (χ2n) is 4.20. The maximum atomic E-state index is 11.8. The van der Waals surface area contributed by atoms with Gasteiger partial charge >= 0.3 is 5.97 Å². The molecule has 108 valence electrons. The summed E-state index contributed by atoms with van der Waals surface area (Å²) in [6.45, 7) is 3.74. The number of unbranched alkanes of at least 4 members (excludes halogenated alkanes) is 1. The molecule has 0 aromatic carbocycles. The fourth-order valence-corrected chi connectivity index (χ4v) is 3.11. The van der Waals surface area contributed by atoms with Gasteiger partial charge in [0.1, 0.15) is 6.04 Å². The molecule has 2 atom stereocenters. The molecule has 0 aliphatic carbocycles. The SMILES string of the molecule is CCCC[C@H](NS(=O)(=O)CC(CC)OC)C(=O)O. The summed E-state index contributed by atoms with van der Waals surface area (Å²) < 4.78 is 30.8. The van der Waals surface area contributed by atoms with Crippen molar-refractivity contribution in [2.75, 3.05) is 12.9 Å². The molecule has 0 saturated carbocycles. The Morgan fingerprint density at radius 2 is 2.00 bits per heavy atom. The van der Waals surface area contributed by atoms with E-state index in [0.29, 0.717) is 19.3 Å². The van der Waals surface area contributed by atoms with Crippen LogP contribution in [0.25, 0.3) is 0 Å². The van der Waals surface area contributed by atoms with E-state index in [0.717, 1.165) is 6.42 Å². The van der Waals surface area contributed by atoms with Gasteiger partial charge in [-0.25, -0.2) is 13.1 Å². The van der Waals surface area contributed by atoms with Crippen LogP contribution in [0.1, 0.15) is 39.5 Å². The van der Waals surface area contributed by atoms with Crippen LogP contribution in [0.5, 0.6) is 0 Å². The molecule has 0 saturated heterocycles. The third kappa shape index (κ3) is 6.93. The van der Waals surface area contributed by atoms with Gasteiger partial charge < -0.3 is 9.84 Å². The topological polar surface area (TPSA) is 92.7 Å². The summed E-state index contributed by atoms with van der Waals surface area (Å²) in [7, 11) is -2.20. The van der Waals surface area contributed by atoms with Gasteiger partial charge in [-0.15, -0.1) is 0 Å². The minimum atomic E-state index is -3.64. The molecule has 0 aliphatic heterocycles. The number of rotatable bonds is 10. The number of aliphatic carboxylic acids is 1. The van der Waals surface area contributed by atoms with E-state index in [1.54, 1.807) is 0 Å². The summed E-state index contributed by atoms with van der Waals surface area (Å²) in [5.41, 5.74) is 0. The summed E-state index contributed by atoms with van der Waals surface area (Å²) >= 11 is 0. The number of methoxy groups -OCH3 is 1. The molecule has 0 aromatic heterocycles. The van der Waals surface area contributed by atoms with E-state index in [9.17, 15) is 13.2 Å². The van der Waals surface area contributed by atoms with Crippen LogP contribution < -0.4 is 4.72 Å². The molecule has 0 bridgehead atoms. The molecule has 7 heteroatoms. The lowest BCUT2D eigenvalue weighted by atomic mass is 10.1. The first-order valence-electron chi connectivity index (χ1n) is 6.11. The summed E-state index contributed by atoms with van der Waals surface area (Å²) in [5.74, 6) is -1.35. The van der Waals surface area contributed by atoms with Gasteiger partial charge in [0.25, 0.3) is 0 Å². The molecule has 0 heterocycles. The Morgan fingerprint density at radius 3 is 2.39 bits per heavy atom. The predicted octanol–water partition coefficient (Wildman–Crippen LogP) is 0.974. The lowest BCUT2D eigenvalue weighted by molar-refractivity contribution is -0.139. The van der Waals surface area contributed by atoms with Crippen molar-refractivity contribution in [2.45, 2.75) is 51.7 Å². The summed E-state index contributed by atoms with van der Waals surface area (Å²) in [5, 5.41) is 8.95. The number of carboxylic acid groups (broad SMARTS) is 1. The van der Waals surface area contributed by atoms with E-state index in [1.165, 1.54) is 7.11 Å². The van der Waals surface area contributed by atoms with Gasteiger partial charge in [-0.2, -0.15) is 0 Å². The van der Waals surface area contributed by atoms with Gasteiger partial charge in [-0.1, -0.05) is 26.7 Å². The maximum absolute atomic E-state index is 11.8. The third-order valence-electron chi connectivity index (χ3n) is 2.66. The van der Waals surface area contributed by atoms with Crippen molar-refractivity contribution in [1.82, 2.24) is 4.72 Å². The van der Waals surface area contributed by atoms with Crippen LogP contribution in [0.15, 0.2) is 0 Å². The fourth-order valence-electron chi connectivity index (χ4n) is 1.50. The van der Waals surface area contributed by atoms with Crippen LogP contribution in [0, 0.1) is 0 Å². The average molecular weight is 281 g/mol. The van der Waals surface area contributed by atoms with Crippen molar-refractivity contribution in [3.8, 4) is 0 Å². The molecule has 2 N–H and O–H groups in total. The summed E-state index contributed by atoms with van der Waals surface area (Å²) in [6, 6.07) is -1.05. The average Bonchev–Trinajstić information content (AvgIpc) is 2.31. The Kier molecular flexibility index (Phi) is 8.13. The van der Waals surface area contributed by atoms with E-state index < -0.39 is 28.1 Å². The Balaban J connectivity index is 4.55. The van der Waals surface area contributed by atoms with Gasteiger partial charge in [0.05, 0.1) is 11.9 Å². The highest BCUT2D eigenvalue weighted by atomic mass is 32.2. The molecule has 18 heavy (non-hydrogen) atoms. The number of sulfonamides is 1. The molecule has 0 fully saturated rings. The number of hydrogen-bond donors (Lipinski definition) is 2. The Hall–Kier alpha value is -0.660. The Labute approximate surface area is 109 Å². The number of carbonyl (C=O) groups is 1. The molecule has 0 aromatic rings. The second-order valence-corrected chi connectivity index (χ2v) is 6.00. The molecule has 0 aliphatic rings. The molecular weight excluding hydrogens is 258 g/mol. The Bertz CT molecular complexity index is 337. The highest BCUT2D eigenvalue weighted by Crippen LogP contribution is 2.06. The van der Waals surface area contributed by atoms with E-state index in [2.05, 4.69) is 4.72 Å². The number of hydrogen-bond acceptors (Lipinski definition) is 4. The van der Waals surface area contributed by atoms with E-state index in [1.807, 2.05) is 13.8 Å². The van der Waals surface area contributed by atoms with Gasteiger partial charge in [0, 0.05) is 7.11 Å². The van der Waals surface area contributed by atoms with Crippen LogP contribution in [0.3, 0.4) is 0 Å². The van der Waals surface area contributed by atoms with Gasteiger partial charge in [0.15, 0.2) is 0 Å². The smallest absolute Gasteiger partial charge is 0.321 e. The van der Waals surface area contributed by atoms with Crippen LogP contribution in [0.2, 0.25) is 0 Å². The summed E-state index contributed by atoms with van der Waals surface area (Å²) in [6.07, 6.45) is 1.93. The number of carboxylic acids is 1. The van der Waals surface area contributed by atoms with Crippen molar-refractivity contribution in [1.29, 1.82) is 0 Å². The standard InChI is InChI=1S/C11H23NO5S/c1-4-6-7-10(11(13)14)12-18(15,16)8-9(5-2)17-3/h9-10,12H,4-8H2,1-3H3,(H,13,14)/t9?,10-/m0/s1. The molecule has 0 amide bonds. The molecule has 0 spiro atoms. The normalized spacial score (nSPS) is 15.3. The van der Waals surface area contributed by atoms with Crippen molar-refractivity contribution in [3.05, 3.63) is 0 Å². The van der Waals surface area contributed by atoms with Crippen LogP contribution >= 0.6 is 0 Å². The first kappa shape index (κ1) is 17.3. The zero-order valence-electron chi connectivity index (χ0n) is 11.2. The van der Waals surface area contributed by atoms with Crippen LogP contribution in [-0.2, 0) is 19.6 Å². The highest BCUT2D eigenvalue weighted by Gasteiger charge is 2.25. The van der Waals surface area contributed by atoms with Crippen molar-refractivity contribution < 1.29 is 23.1 Å². The molecular formula is C11H23NO5S. The fraction of sp³-hybridized carbons (Fsp3) is 0.909. The quantitative estimate of drug-likeness (QED) is 0.622. The predicted molar refractivity (Wildman–Crippen MR) is 69.0 cm³/mol. The van der Waals surface area contributed by atoms with Crippen molar-refractivity contribution in [2.24, 2.45) is 0 Å². The monoisotopic (exact) mass is 281 g/mol. The largest absolute Gasteiger partial charge is 0.480 e. The molecule has 0 radical (unpaired) electrons. The zero-order valence-corrected chi connectivity index (χ0v) is 12.0. The van der Waals surface area contributed by atoms with Crippen LogP contribution in [-0.4, -0.2) is 44.5 Å². The number of nitrogens with one attached hydrogen (secondary N) is 1. The van der Waals surface area contributed by atoms with Crippen molar-refractivity contribution >= 4 is 16.0 Å². The van der Waals surface area contributed by atoms with E-state index in [4.69, 9.17) is 9.84 Å². The minimum absolute atomic E-state index is 0.212. The maximum Gasteiger partial charge on any atom is 0.321 e. The van der Waals surface area contributed by atoms with Gasteiger partial charge in [-0.05, 0) is 12.8 Å². The molecule has 0 rings (SSSR count).